The van der Waals surface area contributed by atoms with Gasteiger partial charge in [0, 0.05) is 10.2 Å². The van der Waals surface area contributed by atoms with Gasteiger partial charge in [-0.2, -0.15) is 0 Å². The number of fused-ring (bicyclic) bond motifs is 1. The number of thiazole rings is 1. The molecule has 0 fully saturated rings. The zero-order valence-corrected chi connectivity index (χ0v) is 13.1. The first-order valence-corrected chi connectivity index (χ1v) is 7.64. The lowest BCUT2D eigenvalue weighted by Gasteiger charge is -2.04. The quantitative estimate of drug-likeness (QED) is 0.677. The van der Waals surface area contributed by atoms with Crippen LogP contribution in [0.4, 0.5) is 10.8 Å². The summed E-state index contributed by atoms with van der Waals surface area (Å²) < 4.78 is 2.34. The molecule has 1 N–H and O–H groups in total. The second-order valence-electron chi connectivity index (χ2n) is 4.53. The van der Waals surface area contributed by atoms with E-state index in [1.807, 2.05) is 0 Å². The van der Waals surface area contributed by atoms with Gasteiger partial charge in [0.05, 0.1) is 10.2 Å². The Labute approximate surface area is 124 Å². The van der Waals surface area contributed by atoms with Gasteiger partial charge in [-0.15, -0.1) is 0 Å². The minimum atomic E-state index is 0.936. The molecule has 4 heteroatoms. The van der Waals surface area contributed by atoms with Crippen molar-refractivity contribution in [3.63, 3.8) is 0 Å². The first-order chi connectivity index (χ1) is 9.13. The molecule has 2 nitrogen and oxygen atoms in total. The molecule has 1 aromatic heterocycles. The van der Waals surface area contributed by atoms with Crippen LogP contribution < -0.4 is 5.32 Å². The van der Waals surface area contributed by atoms with Crippen molar-refractivity contribution in [2.24, 2.45) is 0 Å². The molecular formula is C15H13BrN2S. The molecule has 1 heterocycles. The van der Waals surface area contributed by atoms with Crippen LogP contribution in [0.3, 0.4) is 0 Å². The summed E-state index contributed by atoms with van der Waals surface area (Å²) in [5.74, 6) is 0. The van der Waals surface area contributed by atoms with Crippen molar-refractivity contribution in [2.45, 2.75) is 13.8 Å². The Hall–Kier alpha value is -1.39. The summed E-state index contributed by atoms with van der Waals surface area (Å²) in [4.78, 5) is 4.66. The lowest BCUT2D eigenvalue weighted by atomic mass is 10.2. The van der Waals surface area contributed by atoms with Gasteiger partial charge in [0.25, 0.3) is 0 Å². The monoisotopic (exact) mass is 332 g/mol. The van der Waals surface area contributed by atoms with Crippen molar-refractivity contribution in [3.05, 3.63) is 52.0 Å². The Kier molecular flexibility index (Phi) is 3.29. The van der Waals surface area contributed by atoms with Crippen molar-refractivity contribution in [1.82, 2.24) is 4.98 Å². The number of nitrogens with one attached hydrogen (secondary N) is 1. The van der Waals surface area contributed by atoms with E-state index in [0.717, 1.165) is 20.8 Å². The van der Waals surface area contributed by atoms with Crippen molar-refractivity contribution in [3.8, 4) is 0 Å². The molecule has 0 amide bonds. The van der Waals surface area contributed by atoms with Crippen LogP contribution >= 0.6 is 27.3 Å². The third-order valence-corrected chi connectivity index (χ3v) is 4.86. The zero-order chi connectivity index (χ0) is 13.4. The normalized spacial score (nSPS) is 10.9. The fraction of sp³-hybridized carbons (Fsp3) is 0.133. The topological polar surface area (TPSA) is 24.9 Å². The average Bonchev–Trinajstić information content (AvgIpc) is 2.78. The smallest absolute Gasteiger partial charge is 0.188 e. The number of rotatable bonds is 2. The Balaban J connectivity index is 1.96. The number of benzene rings is 2. The molecule has 0 aliphatic heterocycles. The number of hydrogen-bond donors (Lipinski definition) is 1. The molecule has 0 radical (unpaired) electrons. The van der Waals surface area contributed by atoms with Crippen LogP contribution in [0.25, 0.3) is 10.2 Å². The summed E-state index contributed by atoms with van der Waals surface area (Å²) in [6.07, 6.45) is 0. The van der Waals surface area contributed by atoms with Crippen molar-refractivity contribution in [1.29, 1.82) is 0 Å². The average molecular weight is 333 g/mol. The zero-order valence-electron chi connectivity index (χ0n) is 10.7. The molecule has 0 aliphatic rings. The fourth-order valence-electron chi connectivity index (χ4n) is 1.99. The van der Waals surface area contributed by atoms with E-state index in [1.54, 1.807) is 11.3 Å². The third kappa shape index (κ3) is 2.51. The Morgan fingerprint density at radius 3 is 2.68 bits per heavy atom. The number of hydrogen-bond acceptors (Lipinski definition) is 3. The van der Waals surface area contributed by atoms with Crippen LogP contribution in [0.2, 0.25) is 0 Å². The molecule has 0 saturated heterocycles. The van der Waals surface area contributed by atoms with E-state index in [2.05, 4.69) is 76.5 Å². The molecule has 96 valence electrons. The second kappa shape index (κ2) is 4.94. The van der Waals surface area contributed by atoms with Gasteiger partial charge in [-0.05, 0) is 49.2 Å². The van der Waals surface area contributed by atoms with Crippen LogP contribution in [0, 0.1) is 13.8 Å². The first-order valence-electron chi connectivity index (χ1n) is 6.03. The minimum absolute atomic E-state index is 0.936. The molecule has 19 heavy (non-hydrogen) atoms. The predicted octanol–water partition coefficient (Wildman–Crippen LogP) is 5.42. The maximum atomic E-state index is 4.66. The Morgan fingerprint density at radius 2 is 1.95 bits per heavy atom. The number of para-hydroxylation sites is 1. The van der Waals surface area contributed by atoms with Gasteiger partial charge in [0.15, 0.2) is 5.13 Å². The van der Waals surface area contributed by atoms with Crippen molar-refractivity contribution >= 4 is 48.3 Å². The van der Waals surface area contributed by atoms with Crippen LogP contribution in [-0.2, 0) is 0 Å². The number of halogens is 1. The van der Waals surface area contributed by atoms with Crippen molar-refractivity contribution in [2.75, 3.05) is 5.32 Å². The SMILES string of the molecule is Cc1cc(Nc2nc3c(C)cccc3s2)ccc1Br. The number of nitrogens with zero attached hydrogens (tertiary/aromatic N) is 1. The van der Waals surface area contributed by atoms with E-state index in [9.17, 15) is 0 Å². The highest BCUT2D eigenvalue weighted by atomic mass is 79.9. The molecule has 2 aromatic carbocycles. The van der Waals surface area contributed by atoms with E-state index in [0.29, 0.717) is 0 Å². The van der Waals surface area contributed by atoms with Crippen molar-refractivity contribution < 1.29 is 0 Å². The molecule has 0 bridgehead atoms. The number of aryl methyl sites for hydroxylation is 2. The maximum absolute atomic E-state index is 4.66. The van der Waals surface area contributed by atoms with Gasteiger partial charge in [-0.1, -0.05) is 39.4 Å². The molecule has 3 rings (SSSR count). The van der Waals surface area contributed by atoms with Crippen LogP contribution in [-0.4, -0.2) is 4.98 Å². The van der Waals surface area contributed by atoms with Gasteiger partial charge < -0.3 is 5.32 Å². The van der Waals surface area contributed by atoms with Gasteiger partial charge in [-0.3, -0.25) is 0 Å². The first kappa shape index (κ1) is 12.6. The summed E-state index contributed by atoms with van der Waals surface area (Å²) in [5.41, 5.74) is 4.58. The summed E-state index contributed by atoms with van der Waals surface area (Å²) in [5, 5.41) is 4.31. The molecule has 0 saturated carbocycles. The molecule has 3 aromatic rings. The van der Waals surface area contributed by atoms with Gasteiger partial charge >= 0.3 is 0 Å². The minimum Gasteiger partial charge on any atom is -0.332 e. The maximum Gasteiger partial charge on any atom is 0.188 e. The molecule has 0 aliphatic carbocycles. The summed E-state index contributed by atoms with van der Waals surface area (Å²) in [6, 6.07) is 12.5. The molecule has 0 atom stereocenters. The third-order valence-electron chi connectivity index (χ3n) is 3.03. The predicted molar refractivity (Wildman–Crippen MR) is 86.5 cm³/mol. The van der Waals surface area contributed by atoms with Crippen LogP contribution in [0.1, 0.15) is 11.1 Å². The lowest BCUT2D eigenvalue weighted by Crippen LogP contribution is -1.90. The highest BCUT2D eigenvalue weighted by molar-refractivity contribution is 9.10. The number of anilines is 2. The van der Waals surface area contributed by atoms with E-state index >= 15 is 0 Å². The Morgan fingerprint density at radius 1 is 1.11 bits per heavy atom. The Bertz CT molecular complexity index is 749. The summed E-state index contributed by atoms with van der Waals surface area (Å²) >= 11 is 5.19. The van der Waals surface area contributed by atoms with Crippen LogP contribution in [0.15, 0.2) is 40.9 Å². The van der Waals surface area contributed by atoms with E-state index in [-0.39, 0.29) is 0 Å². The molecule has 0 spiro atoms. The fourth-order valence-corrected chi connectivity index (χ4v) is 3.20. The standard InChI is InChI=1S/C15H13BrN2S/c1-9-4-3-5-13-14(9)18-15(19-13)17-11-6-7-12(16)10(2)8-11/h3-8H,1-2H3,(H,17,18). The van der Waals surface area contributed by atoms with E-state index < -0.39 is 0 Å². The highest BCUT2D eigenvalue weighted by Gasteiger charge is 2.06. The summed E-state index contributed by atoms with van der Waals surface area (Å²) in [7, 11) is 0. The molecule has 0 unspecified atom stereocenters. The van der Waals surface area contributed by atoms with Gasteiger partial charge in [0.2, 0.25) is 0 Å². The molecular weight excluding hydrogens is 320 g/mol. The van der Waals surface area contributed by atoms with Gasteiger partial charge in [0.1, 0.15) is 0 Å². The van der Waals surface area contributed by atoms with Gasteiger partial charge in [-0.25, -0.2) is 4.98 Å². The highest BCUT2D eigenvalue weighted by Crippen LogP contribution is 2.30. The lowest BCUT2D eigenvalue weighted by molar-refractivity contribution is 1.38. The van der Waals surface area contributed by atoms with E-state index in [4.69, 9.17) is 0 Å². The number of aromatic nitrogens is 1. The van der Waals surface area contributed by atoms with E-state index in [1.165, 1.54) is 15.8 Å². The second-order valence-corrected chi connectivity index (χ2v) is 6.41. The van der Waals surface area contributed by atoms with Crippen LogP contribution in [0.5, 0.6) is 0 Å². The summed E-state index contributed by atoms with van der Waals surface area (Å²) in [6.45, 7) is 4.17. The largest absolute Gasteiger partial charge is 0.332 e.